The van der Waals surface area contributed by atoms with Gasteiger partial charge < -0.3 is 4.90 Å². The number of nitrogens with zero attached hydrogens (tertiary/aromatic N) is 1. The third kappa shape index (κ3) is 1.49. The highest BCUT2D eigenvalue weighted by Crippen LogP contribution is 2.22. The lowest BCUT2D eigenvalue weighted by molar-refractivity contribution is -0.118. The van der Waals surface area contributed by atoms with Crippen LogP contribution in [0.4, 0.5) is 0 Å². The van der Waals surface area contributed by atoms with E-state index in [0.29, 0.717) is 19.5 Å². The van der Waals surface area contributed by atoms with E-state index in [4.69, 9.17) is 0 Å². The maximum Gasteiger partial charge on any atom is 0.210 e. The van der Waals surface area contributed by atoms with E-state index < -0.39 is 0 Å². The van der Waals surface area contributed by atoms with Gasteiger partial charge >= 0.3 is 0 Å². The van der Waals surface area contributed by atoms with Crippen LogP contribution in [-0.2, 0) is 11.3 Å². The van der Waals surface area contributed by atoms with Crippen molar-refractivity contribution in [1.82, 2.24) is 4.90 Å². The van der Waals surface area contributed by atoms with Gasteiger partial charge in [-0.05, 0) is 11.4 Å². The van der Waals surface area contributed by atoms with Gasteiger partial charge in [0.1, 0.15) is 0 Å². The molecule has 0 saturated carbocycles. The molecule has 0 radical (unpaired) electrons. The van der Waals surface area contributed by atoms with Gasteiger partial charge in [-0.25, -0.2) is 0 Å². The van der Waals surface area contributed by atoms with E-state index in [2.05, 4.69) is 0 Å². The predicted octanol–water partition coefficient (Wildman–Crippen LogP) is 1.29. The van der Waals surface area contributed by atoms with Crippen molar-refractivity contribution < 1.29 is 9.59 Å². The highest BCUT2D eigenvalue weighted by atomic mass is 32.1. The van der Waals surface area contributed by atoms with Crippen LogP contribution in [-0.4, -0.2) is 23.6 Å². The number of hydrogen-bond donors (Lipinski definition) is 0. The summed E-state index contributed by atoms with van der Waals surface area (Å²) < 4.78 is 0. The third-order valence-electron chi connectivity index (χ3n) is 2.17. The molecule has 0 aromatic carbocycles. The highest BCUT2D eigenvalue weighted by Gasteiger charge is 2.19. The number of ketones is 1. The zero-order valence-corrected chi connectivity index (χ0v) is 7.84. The van der Waals surface area contributed by atoms with Gasteiger partial charge in [0.15, 0.2) is 5.78 Å². The van der Waals surface area contributed by atoms with Crippen LogP contribution in [0.25, 0.3) is 0 Å². The van der Waals surface area contributed by atoms with Gasteiger partial charge in [0, 0.05) is 23.4 Å². The highest BCUT2D eigenvalue weighted by molar-refractivity contribution is 7.10. The summed E-state index contributed by atoms with van der Waals surface area (Å²) in [7, 11) is 0. The van der Waals surface area contributed by atoms with Crippen LogP contribution in [0.2, 0.25) is 0 Å². The number of hydrogen-bond acceptors (Lipinski definition) is 3. The molecule has 0 fully saturated rings. The lowest BCUT2D eigenvalue weighted by Gasteiger charge is -2.11. The molecule has 1 aliphatic heterocycles. The van der Waals surface area contributed by atoms with Crippen LogP contribution in [0.15, 0.2) is 11.4 Å². The van der Waals surface area contributed by atoms with Gasteiger partial charge in [0.2, 0.25) is 6.41 Å². The van der Waals surface area contributed by atoms with E-state index in [0.717, 1.165) is 16.9 Å². The van der Waals surface area contributed by atoms with Crippen molar-refractivity contribution in [1.29, 1.82) is 0 Å². The summed E-state index contributed by atoms with van der Waals surface area (Å²) in [6, 6.07) is 1.84. The monoisotopic (exact) mass is 195 g/mol. The molecule has 2 rings (SSSR count). The Labute approximate surface area is 80.0 Å². The molecule has 1 aromatic heterocycles. The summed E-state index contributed by atoms with van der Waals surface area (Å²) in [5.41, 5.74) is 0.800. The quantitative estimate of drug-likeness (QED) is 0.633. The zero-order valence-electron chi connectivity index (χ0n) is 7.03. The normalized spacial score (nSPS) is 16.6. The fourth-order valence-corrected chi connectivity index (χ4v) is 2.36. The van der Waals surface area contributed by atoms with E-state index in [9.17, 15) is 9.59 Å². The lowest BCUT2D eigenvalue weighted by Crippen LogP contribution is -2.21. The van der Waals surface area contributed by atoms with Crippen LogP contribution < -0.4 is 0 Å². The van der Waals surface area contributed by atoms with Crippen LogP contribution >= 0.6 is 11.3 Å². The summed E-state index contributed by atoms with van der Waals surface area (Å²) in [6.07, 6.45) is 1.25. The average molecular weight is 195 g/mol. The zero-order chi connectivity index (χ0) is 9.26. The summed E-state index contributed by atoms with van der Waals surface area (Å²) in [5, 5.41) is 1.90. The first-order valence-electron chi connectivity index (χ1n) is 4.10. The van der Waals surface area contributed by atoms with Crippen molar-refractivity contribution >= 4 is 23.5 Å². The SMILES string of the molecule is O=CN1CCC(=O)c2ccsc2C1. The van der Waals surface area contributed by atoms with Gasteiger partial charge in [0.05, 0.1) is 6.54 Å². The second-order valence-electron chi connectivity index (χ2n) is 3.01. The molecule has 0 aliphatic carbocycles. The molecule has 2 heterocycles. The molecule has 0 N–H and O–H groups in total. The second kappa shape index (κ2) is 3.30. The first-order valence-corrected chi connectivity index (χ1v) is 4.98. The maximum atomic E-state index is 11.5. The average Bonchev–Trinajstić information content (AvgIpc) is 2.54. The number of amides is 1. The van der Waals surface area contributed by atoms with Crippen LogP contribution in [0, 0.1) is 0 Å². The molecule has 1 aromatic rings. The molecule has 4 heteroatoms. The molecule has 13 heavy (non-hydrogen) atoms. The van der Waals surface area contributed by atoms with Crippen molar-refractivity contribution in [2.24, 2.45) is 0 Å². The van der Waals surface area contributed by atoms with Crippen LogP contribution in [0.1, 0.15) is 21.7 Å². The fraction of sp³-hybridized carbons (Fsp3) is 0.333. The minimum absolute atomic E-state index is 0.153. The molecular formula is C9H9NO2S. The molecule has 3 nitrogen and oxygen atoms in total. The molecule has 0 bridgehead atoms. The maximum absolute atomic E-state index is 11.5. The molecule has 1 aliphatic rings. The van der Waals surface area contributed by atoms with E-state index in [1.807, 2.05) is 11.4 Å². The Morgan fingerprint density at radius 3 is 3.15 bits per heavy atom. The summed E-state index contributed by atoms with van der Waals surface area (Å²) in [4.78, 5) is 24.7. The van der Waals surface area contributed by atoms with Crippen LogP contribution in [0.5, 0.6) is 0 Å². The number of carbonyl (C=O) groups excluding carboxylic acids is 2. The predicted molar refractivity (Wildman–Crippen MR) is 49.7 cm³/mol. The van der Waals surface area contributed by atoms with Crippen molar-refractivity contribution in [3.63, 3.8) is 0 Å². The smallest absolute Gasteiger partial charge is 0.210 e. The first kappa shape index (κ1) is 8.44. The second-order valence-corrected chi connectivity index (χ2v) is 4.01. The number of fused-ring (bicyclic) bond motifs is 1. The fourth-order valence-electron chi connectivity index (χ4n) is 1.44. The standard InChI is InChI=1S/C9H9NO2S/c11-6-10-3-1-8(12)7-2-4-13-9(7)5-10/h2,4,6H,1,3,5H2. The summed E-state index contributed by atoms with van der Waals surface area (Å²) in [5.74, 6) is 0.153. The number of carbonyl (C=O) groups is 2. The Bertz CT molecular complexity index is 345. The Kier molecular flexibility index (Phi) is 2.14. The Hall–Kier alpha value is -1.16. The van der Waals surface area contributed by atoms with Crippen molar-refractivity contribution in [3.8, 4) is 0 Å². The first-order chi connectivity index (χ1) is 6.31. The molecular weight excluding hydrogens is 186 g/mol. The number of rotatable bonds is 1. The molecule has 68 valence electrons. The molecule has 0 saturated heterocycles. The minimum atomic E-state index is 0.153. The van der Waals surface area contributed by atoms with E-state index >= 15 is 0 Å². The van der Waals surface area contributed by atoms with Crippen molar-refractivity contribution in [2.45, 2.75) is 13.0 Å². The van der Waals surface area contributed by atoms with E-state index in [1.54, 1.807) is 16.2 Å². The summed E-state index contributed by atoms with van der Waals surface area (Å²) >= 11 is 1.54. The molecule has 1 amide bonds. The van der Waals surface area contributed by atoms with E-state index in [-0.39, 0.29) is 5.78 Å². The van der Waals surface area contributed by atoms with Gasteiger partial charge in [0.25, 0.3) is 0 Å². The van der Waals surface area contributed by atoms with Crippen LogP contribution in [0.3, 0.4) is 0 Å². The Balaban J connectivity index is 2.34. The van der Waals surface area contributed by atoms with Gasteiger partial charge in [-0.1, -0.05) is 0 Å². The van der Waals surface area contributed by atoms with Gasteiger partial charge in [-0.2, -0.15) is 0 Å². The number of thiophene rings is 1. The molecule has 0 atom stereocenters. The summed E-state index contributed by atoms with van der Waals surface area (Å²) in [6.45, 7) is 1.13. The molecule has 0 spiro atoms. The lowest BCUT2D eigenvalue weighted by atomic mass is 10.1. The van der Waals surface area contributed by atoms with E-state index in [1.165, 1.54) is 0 Å². The molecule has 0 unspecified atom stereocenters. The van der Waals surface area contributed by atoms with Crippen molar-refractivity contribution in [3.05, 3.63) is 21.9 Å². The van der Waals surface area contributed by atoms with Crippen molar-refractivity contribution in [2.75, 3.05) is 6.54 Å². The largest absolute Gasteiger partial charge is 0.340 e. The topological polar surface area (TPSA) is 37.4 Å². The number of Topliss-reactive ketones (excluding diaryl/α,β-unsaturated/α-hetero) is 1. The third-order valence-corrected chi connectivity index (χ3v) is 3.07. The Morgan fingerprint density at radius 2 is 2.38 bits per heavy atom. The minimum Gasteiger partial charge on any atom is -0.340 e. The Morgan fingerprint density at radius 1 is 1.54 bits per heavy atom. The van der Waals surface area contributed by atoms with Gasteiger partial charge in [-0.3, -0.25) is 9.59 Å². The van der Waals surface area contributed by atoms with Gasteiger partial charge in [-0.15, -0.1) is 11.3 Å².